The van der Waals surface area contributed by atoms with Crippen molar-refractivity contribution >= 4 is 56.8 Å². The van der Waals surface area contributed by atoms with Gasteiger partial charge in [-0.2, -0.15) is 18.4 Å². The predicted molar refractivity (Wildman–Crippen MR) is 129 cm³/mol. The fourth-order valence-electron chi connectivity index (χ4n) is 2.82. The fourth-order valence-corrected chi connectivity index (χ4v) is 3.94. The molecule has 0 aliphatic rings. The lowest BCUT2D eigenvalue weighted by Gasteiger charge is -2.12. The number of hydrogen-bond donors (Lipinski definition) is 1. The number of halogens is 6. The van der Waals surface area contributed by atoms with Crippen LogP contribution in [-0.2, 0) is 17.6 Å². The SMILES string of the molecule is N#C/C(=C/c1cc(Cl)c(OCc2ccc(Cl)cc2)c(Br)c1)C(=O)Nc1cccc(C(F)(F)F)c1. The van der Waals surface area contributed by atoms with Crippen LogP contribution in [0.15, 0.2) is 70.7 Å². The van der Waals surface area contributed by atoms with Gasteiger partial charge in [0.15, 0.2) is 5.75 Å². The van der Waals surface area contributed by atoms with Crippen molar-refractivity contribution in [2.24, 2.45) is 0 Å². The van der Waals surface area contributed by atoms with Crippen molar-refractivity contribution in [2.45, 2.75) is 12.8 Å². The molecular formula is C24H14BrCl2F3N2O2. The lowest BCUT2D eigenvalue weighted by molar-refractivity contribution is -0.137. The lowest BCUT2D eigenvalue weighted by Crippen LogP contribution is -2.14. The largest absolute Gasteiger partial charge is 0.486 e. The number of rotatable bonds is 6. The van der Waals surface area contributed by atoms with Crippen LogP contribution in [0.5, 0.6) is 5.75 Å². The minimum Gasteiger partial charge on any atom is -0.486 e. The highest BCUT2D eigenvalue weighted by Crippen LogP contribution is 2.36. The van der Waals surface area contributed by atoms with Crippen molar-refractivity contribution in [1.29, 1.82) is 5.26 Å². The van der Waals surface area contributed by atoms with Gasteiger partial charge in [-0.05, 0) is 75.6 Å². The molecule has 0 aliphatic carbocycles. The summed E-state index contributed by atoms with van der Waals surface area (Å²) >= 11 is 15.6. The highest BCUT2D eigenvalue weighted by atomic mass is 79.9. The van der Waals surface area contributed by atoms with Gasteiger partial charge in [-0.1, -0.05) is 41.4 Å². The van der Waals surface area contributed by atoms with E-state index < -0.39 is 17.6 Å². The summed E-state index contributed by atoms with van der Waals surface area (Å²) in [5, 5.41) is 12.5. The van der Waals surface area contributed by atoms with E-state index in [9.17, 15) is 23.2 Å². The number of anilines is 1. The first-order valence-corrected chi connectivity index (χ1v) is 11.1. The number of nitriles is 1. The molecule has 0 fully saturated rings. The third kappa shape index (κ3) is 6.76. The molecule has 3 rings (SSSR count). The normalized spacial score (nSPS) is 11.6. The molecule has 1 amide bonds. The molecule has 0 unspecified atom stereocenters. The van der Waals surface area contributed by atoms with Crippen LogP contribution in [0.4, 0.5) is 18.9 Å². The lowest BCUT2D eigenvalue weighted by atomic mass is 10.1. The van der Waals surface area contributed by atoms with Gasteiger partial charge < -0.3 is 10.1 Å². The first-order chi connectivity index (χ1) is 16.1. The van der Waals surface area contributed by atoms with Crippen molar-refractivity contribution in [3.63, 3.8) is 0 Å². The third-order valence-electron chi connectivity index (χ3n) is 4.44. The number of nitrogens with zero attached hydrogens (tertiary/aromatic N) is 1. The van der Waals surface area contributed by atoms with Crippen LogP contribution < -0.4 is 10.1 Å². The molecule has 0 saturated heterocycles. The zero-order chi connectivity index (χ0) is 24.9. The smallest absolute Gasteiger partial charge is 0.416 e. The maximum atomic E-state index is 12.9. The zero-order valence-electron chi connectivity index (χ0n) is 17.1. The van der Waals surface area contributed by atoms with Gasteiger partial charge in [0.25, 0.3) is 5.91 Å². The van der Waals surface area contributed by atoms with Gasteiger partial charge in [0.05, 0.1) is 15.1 Å². The Morgan fingerprint density at radius 2 is 1.82 bits per heavy atom. The molecule has 0 atom stereocenters. The number of nitrogens with one attached hydrogen (secondary N) is 1. The van der Waals surface area contributed by atoms with Crippen LogP contribution in [0, 0.1) is 11.3 Å². The molecular weight excluding hydrogens is 556 g/mol. The van der Waals surface area contributed by atoms with Gasteiger partial charge in [-0.3, -0.25) is 4.79 Å². The number of benzene rings is 3. The summed E-state index contributed by atoms with van der Waals surface area (Å²) in [7, 11) is 0. The Morgan fingerprint density at radius 1 is 1.12 bits per heavy atom. The Balaban J connectivity index is 1.77. The number of carbonyl (C=O) groups is 1. The number of amides is 1. The third-order valence-corrected chi connectivity index (χ3v) is 5.56. The Kier molecular flexibility index (Phi) is 8.26. The van der Waals surface area contributed by atoms with Gasteiger partial charge in [-0.15, -0.1) is 0 Å². The Labute approximate surface area is 211 Å². The summed E-state index contributed by atoms with van der Waals surface area (Å²) in [5.41, 5.74) is -0.0557. The van der Waals surface area contributed by atoms with Crippen molar-refractivity contribution in [2.75, 3.05) is 5.32 Å². The second-order valence-corrected chi connectivity index (χ2v) is 8.63. The molecule has 174 valence electrons. The van der Waals surface area contributed by atoms with Crippen molar-refractivity contribution < 1.29 is 22.7 Å². The molecule has 0 saturated carbocycles. The first kappa shape index (κ1) is 25.6. The summed E-state index contributed by atoms with van der Waals surface area (Å²) < 4.78 is 44.9. The van der Waals surface area contributed by atoms with Crippen LogP contribution in [0.3, 0.4) is 0 Å². The van der Waals surface area contributed by atoms with E-state index in [2.05, 4.69) is 21.2 Å². The average molecular weight is 570 g/mol. The van der Waals surface area contributed by atoms with Gasteiger partial charge in [0.1, 0.15) is 18.2 Å². The Bertz CT molecular complexity index is 1260. The maximum absolute atomic E-state index is 12.9. The maximum Gasteiger partial charge on any atom is 0.416 e. The van der Waals surface area contributed by atoms with Crippen molar-refractivity contribution in [3.8, 4) is 11.8 Å². The molecule has 0 bridgehead atoms. The van der Waals surface area contributed by atoms with Crippen LogP contribution in [0.2, 0.25) is 10.0 Å². The van der Waals surface area contributed by atoms with Crippen LogP contribution in [-0.4, -0.2) is 5.91 Å². The second kappa shape index (κ2) is 11.0. The summed E-state index contributed by atoms with van der Waals surface area (Å²) in [4.78, 5) is 12.5. The molecule has 3 aromatic carbocycles. The quantitative estimate of drug-likeness (QED) is 0.242. The Morgan fingerprint density at radius 3 is 2.44 bits per heavy atom. The summed E-state index contributed by atoms with van der Waals surface area (Å²) in [5.74, 6) is -0.502. The fraction of sp³-hybridized carbons (Fsp3) is 0.0833. The predicted octanol–water partition coefficient (Wildman–Crippen LogP) is 7.90. The first-order valence-electron chi connectivity index (χ1n) is 9.53. The molecule has 10 heteroatoms. The number of carbonyl (C=O) groups excluding carboxylic acids is 1. The van der Waals surface area contributed by atoms with E-state index in [1.807, 2.05) is 12.1 Å². The number of hydrogen-bond acceptors (Lipinski definition) is 3. The summed E-state index contributed by atoms with van der Waals surface area (Å²) in [6.45, 7) is 0.230. The van der Waals surface area contributed by atoms with Crippen molar-refractivity contribution in [3.05, 3.63) is 97.4 Å². The standard InChI is InChI=1S/C24H14BrCl2F3N2O2/c25-20-9-15(10-21(27)22(20)34-13-14-4-6-18(26)7-5-14)8-16(12-31)23(33)32-19-3-1-2-17(11-19)24(28,29)30/h1-11H,13H2,(H,32,33)/b16-8-. The van der Waals surface area contributed by atoms with Crippen molar-refractivity contribution in [1.82, 2.24) is 0 Å². The molecule has 0 heterocycles. The van der Waals surface area contributed by atoms with E-state index in [1.54, 1.807) is 24.3 Å². The molecule has 0 aromatic heterocycles. The molecule has 0 spiro atoms. The summed E-state index contributed by atoms with van der Waals surface area (Å²) in [6, 6.07) is 16.0. The minimum absolute atomic E-state index is 0.0915. The molecule has 4 nitrogen and oxygen atoms in total. The molecule has 0 aliphatic heterocycles. The molecule has 3 aromatic rings. The van der Waals surface area contributed by atoms with Crippen LogP contribution in [0.25, 0.3) is 6.08 Å². The van der Waals surface area contributed by atoms with Gasteiger partial charge in [-0.25, -0.2) is 0 Å². The topological polar surface area (TPSA) is 62.1 Å². The molecule has 0 radical (unpaired) electrons. The number of alkyl halides is 3. The Hall–Kier alpha value is -2.99. The van der Waals surface area contributed by atoms with Crippen LogP contribution in [0.1, 0.15) is 16.7 Å². The van der Waals surface area contributed by atoms with E-state index in [4.69, 9.17) is 27.9 Å². The highest BCUT2D eigenvalue weighted by Gasteiger charge is 2.30. The monoisotopic (exact) mass is 568 g/mol. The highest BCUT2D eigenvalue weighted by molar-refractivity contribution is 9.10. The van der Waals surface area contributed by atoms with E-state index in [0.29, 0.717) is 20.8 Å². The number of ether oxygens (including phenoxy) is 1. The average Bonchev–Trinajstić information content (AvgIpc) is 2.77. The second-order valence-electron chi connectivity index (χ2n) is 6.93. The van der Waals surface area contributed by atoms with E-state index >= 15 is 0 Å². The van der Waals surface area contributed by atoms with E-state index in [1.165, 1.54) is 18.2 Å². The minimum atomic E-state index is -4.56. The zero-order valence-corrected chi connectivity index (χ0v) is 20.2. The van der Waals surface area contributed by atoms with E-state index in [-0.39, 0.29) is 22.9 Å². The summed E-state index contributed by atoms with van der Waals surface area (Å²) in [6.07, 6.45) is -3.29. The van der Waals surface area contributed by atoms with Gasteiger partial charge >= 0.3 is 6.18 Å². The van der Waals surface area contributed by atoms with Gasteiger partial charge in [0, 0.05) is 10.7 Å². The van der Waals surface area contributed by atoms with Crippen LogP contribution >= 0.6 is 39.1 Å². The van der Waals surface area contributed by atoms with Gasteiger partial charge in [0.2, 0.25) is 0 Å². The van der Waals surface area contributed by atoms with E-state index in [0.717, 1.165) is 23.8 Å². The molecule has 34 heavy (non-hydrogen) atoms. The molecule has 1 N–H and O–H groups in total.